The number of thioether (sulfide) groups is 1. The van der Waals surface area contributed by atoms with Crippen molar-refractivity contribution in [1.82, 2.24) is 10.6 Å². The first kappa shape index (κ1) is 34.6. The van der Waals surface area contributed by atoms with Crippen LogP contribution in [-0.4, -0.2) is 53.2 Å². The van der Waals surface area contributed by atoms with E-state index in [0.29, 0.717) is 18.6 Å². The molecule has 0 unspecified atom stereocenters. The fraction of sp³-hybridized carbons (Fsp3) is 0.270. The van der Waals surface area contributed by atoms with Crippen LogP contribution in [0.3, 0.4) is 0 Å². The van der Waals surface area contributed by atoms with Gasteiger partial charge in [0.1, 0.15) is 6.04 Å². The Hall–Kier alpha value is -4.68. The fourth-order valence-corrected chi connectivity index (χ4v) is 6.20. The number of carboxylic acid groups (broad SMARTS) is 1. The van der Waals surface area contributed by atoms with Crippen LogP contribution in [0.2, 0.25) is 0 Å². The molecule has 0 radical (unpaired) electrons. The third kappa shape index (κ3) is 9.68. The fourth-order valence-electron chi connectivity index (χ4n) is 5.28. The maximum absolute atomic E-state index is 12.7. The monoisotopic (exact) mass is 670 g/mol. The zero-order chi connectivity index (χ0) is 33.9. The minimum Gasteiger partial charge on any atom is -0.478 e. The molecule has 11 heteroatoms. The Bertz CT molecular complexity index is 1650. The van der Waals surface area contributed by atoms with Gasteiger partial charge in [-0.15, -0.1) is 11.8 Å². The number of aliphatic hydroxyl groups excluding tert-OH is 1. The molecule has 0 saturated carbocycles. The molecule has 4 aromatic carbocycles. The van der Waals surface area contributed by atoms with Crippen molar-refractivity contribution in [3.63, 3.8) is 0 Å². The van der Waals surface area contributed by atoms with Crippen molar-refractivity contribution in [1.29, 1.82) is 0 Å². The summed E-state index contributed by atoms with van der Waals surface area (Å²) in [5.74, 6) is -0.861. The summed E-state index contributed by atoms with van der Waals surface area (Å²) < 4.78 is 17.7. The van der Waals surface area contributed by atoms with Crippen molar-refractivity contribution >= 4 is 29.7 Å². The van der Waals surface area contributed by atoms with E-state index >= 15 is 0 Å². The minimum atomic E-state index is -0.965. The van der Waals surface area contributed by atoms with Gasteiger partial charge < -0.3 is 35.1 Å². The molecule has 0 aromatic heterocycles. The molecule has 0 bridgehead atoms. The second kappa shape index (κ2) is 16.9. The number of hydrogen-bond donors (Lipinski definition) is 4. The Morgan fingerprint density at radius 2 is 1.52 bits per heavy atom. The van der Waals surface area contributed by atoms with Gasteiger partial charge in [-0.3, -0.25) is 0 Å². The first-order chi connectivity index (χ1) is 23.3. The third-order valence-corrected chi connectivity index (χ3v) is 9.07. The van der Waals surface area contributed by atoms with Gasteiger partial charge in [0.15, 0.2) is 6.29 Å². The number of nitrogens with one attached hydrogen (secondary N) is 2. The summed E-state index contributed by atoms with van der Waals surface area (Å²) in [5, 5.41) is 24.2. The molecule has 4 N–H and O–H groups in total. The van der Waals surface area contributed by atoms with E-state index in [1.807, 2.05) is 78.9 Å². The van der Waals surface area contributed by atoms with Gasteiger partial charge in [0.25, 0.3) is 0 Å². The number of benzene rings is 4. The molecule has 1 aliphatic rings. The molecule has 10 nitrogen and oxygen atoms in total. The number of aromatic carboxylic acids is 1. The number of ether oxygens (including phenoxy) is 3. The number of aliphatic hydroxyl groups is 1. The molecule has 0 aliphatic carbocycles. The lowest BCUT2D eigenvalue weighted by Gasteiger charge is -2.36. The van der Waals surface area contributed by atoms with Crippen LogP contribution in [0.5, 0.6) is 0 Å². The molecule has 4 aromatic rings. The first-order valence-electron chi connectivity index (χ1n) is 15.5. The summed E-state index contributed by atoms with van der Waals surface area (Å²) in [7, 11) is 1.29. The van der Waals surface area contributed by atoms with Crippen LogP contribution in [0.15, 0.2) is 108 Å². The Morgan fingerprint density at radius 1 is 0.854 bits per heavy atom. The molecule has 48 heavy (non-hydrogen) atoms. The molecule has 1 fully saturated rings. The highest BCUT2D eigenvalue weighted by atomic mass is 32.2. The maximum Gasteiger partial charge on any atom is 0.335 e. The highest BCUT2D eigenvalue weighted by molar-refractivity contribution is 7.99. The minimum absolute atomic E-state index is 0.0418. The van der Waals surface area contributed by atoms with E-state index in [2.05, 4.69) is 10.6 Å². The van der Waals surface area contributed by atoms with E-state index in [1.165, 1.54) is 7.11 Å². The molecule has 1 saturated heterocycles. The Morgan fingerprint density at radius 3 is 2.17 bits per heavy atom. The van der Waals surface area contributed by atoms with Gasteiger partial charge in [-0.2, -0.15) is 0 Å². The maximum atomic E-state index is 12.7. The van der Waals surface area contributed by atoms with Crippen LogP contribution < -0.4 is 10.6 Å². The van der Waals surface area contributed by atoms with E-state index in [-0.39, 0.29) is 30.9 Å². The molecule has 250 valence electrons. The number of urea groups is 1. The van der Waals surface area contributed by atoms with E-state index in [4.69, 9.17) is 14.2 Å². The van der Waals surface area contributed by atoms with Gasteiger partial charge in [-0.05, 0) is 46.5 Å². The summed E-state index contributed by atoms with van der Waals surface area (Å²) in [6.45, 7) is 0.192. The summed E-state index contributed by atoms with van der Waals surface area (Å²) >= 11 is 1.59. The summed E-state index contributed by atoms with van der Waals surface area (Å²) in [6.07, 6.45) is -0.145. The smallest absolute Gasteiger partial charge is 0.335 e. The molecule has 0 spiro atoms. The number of esters is 1. The van der Waals surface area contributed by atoms with Crippen molar-refractivity contribution < 1.29 is 38.8 Å². The topological polar surface area (TPSA) is 143 Å². The highest BCUT2D eigenvalue weighted by Gasteiger charge is 2.32. The van der Waals surface area contributed by atoms with Gasteiger partial charge in [-0.25, -0.2) is 14.4 Å². The number of methoxy groups -OCH3 is 1. The van der Waals surface area contributed by atoms with Crippen LogP contribution in [0.25, 0.3) is 0 Å². The lowest BCUT2D eigenvalue weighted by molar-refractivity contribution is -0.245. The Labute approximate surface area is 283 Å². The average Bonchev–Trinajstić information content (AvgIpc) is 3.13. The number of rotatable bonds is 13. The molecule has 2 amide bonds. The van der Waals surface area contributed by atoms with Crippen LogP contribution >= 0.6 is 11.8 Å². The quantitative estimate of drug-likeness (QED) is 0.103. The van der Waals surface area contributed by atoms with Gasteiger partial charge in [0.2, 0.25) is 0 Å². The number of carbonyl (C=O) groups is 3. The van der Waals surface area contributed by atoms with Crippen molar-refractivity contribution in [2.45, 2.75) is 55.4 Å². The van der Waals surface area contributed by atoms with Gasteiger partial charge in [-0.1, -0.05) is 78.9 Å². The molecule has 4 atom stereocenters. The predicted molar refractivity (Wildman–Crippen MR) is 180 cm³/mol. The van der Waals surface area contributed by atoms with Crippen LogP contribution in [0.4, 0.5) is 4.79 Å². The van der Waals surface area contributed by atoms with E-state index in [1.54, 1.807) is 36.0 Å². The molecular formula is C37H38N2O8S. The van der Waals surface area contributed by atoms with Crippen molar-refractivity contribution in [2.75, 3.05) is 12.9 Å². The summed E-state index contributed by atoms with van der Waals surface area (Å²) in [6, 6.07) is 30.1. The van der Waals surface area contributed by atoms with Crippen molar-refractivity contribution in [3.05, 3.63) is 137 Å². The van der Waals surface area contributed by atoms with Gasteiger partial charge in [0, 0.05) is 35.6 Å². The third-order valence-electron chi connectivity index (χ3n) is 7.93. The summed E-state index contributed by atoms with van der Waals surface area (Å²) in [5.41, 5.74) is 4.58. The molecule has 5 rings (SSSR count). The molecule has 1 heterocycles. The zero-order valence-electron chi connectivity index (χ0n) is 26.4. The number of carbonyl (C=O) groups excluding carboxylic acids is 2. The van der Waals surface area contributed by atoms with E-state index in [0.717, 1.165) is 32.7 Å². The normalized spacial score (nSPS) is 18.0. The highest BCUT2D eigenvalue weighted by Crippen LogP contribution is 2.39. The second-order valence-corrected chi connectivity index (χ2v) is 12.4. The van der Waals surface area contributed by atoms with Gasteiger partial charge >= 0.3 is 18.0 Å². The number of carboxylic acids is 1. The SMILES string of the molecule is COC(=O)[C@H](Cc1ccccc1)NC(=O)NCc1ccc([C@H]2O[C@@H](CSc3ccc(C(=O)O)cc3)C[C@@H](c3ccc(CO)cc3)O2)cc1. The Balaban J connectivity index is 1.22. The molecule has 1 aliphatic heterocycles. The largest absolute Gasteiger partial charge is 0.478 e. The average molecular weight is 671 g/mol. The van der Waals surface area contributed by atoms with E-state index in [9.17, 15) is 24.6 Å². The first-order valence-corrected chi connectivity index (χ1v) is 16.5. The van der Waals surface area contributed by atoms with E-state index < -0.39 is 30.3 Å². The Kier molecular flexibility index (Phi) is 12.2. The number of amides is 2. The molecular weight excluding hydrogens is 632 g/mol. The van der Waals surface area contributed by atoms with Crippen molar-refractivity contribution in [2.24, 2.45) is 0 Å². The van der Waals surface area contributed by atoms with Crippen LogP contribution in [0.1, 0.15) is 57.0 Å². The van der Waals surface area contributed by atoms with Crippen LogP contribution in [0, 0.1) is 0 Å². The van der Waals surface area contributed by atoms with Crippen molar-refractivity contribution in [3.8, 4) is 0 Å². The second-order valence-electron chi connectivity index (χ2n) is 11.3. The lowest BCUT2D eigenvalue weighted by atomic mass is 10.0. The number of hydrogen-bond acceptors (Lipinski definition) is 8. The summed E-state index contributed by atoms with van der Waals surface area (Å²) in [4.78, 5) is 37.2. The lowest BCUT2D eigenvalue weighted by Crippen LogP contribution is -2.47. The predicted octanol–water partition coefficient (Wildman–Crippen LogP) is 5.80. The van der Waals surface area contributed by atoms with Gasteiger partial charge in [0.05, 0.1) is 31.5 Å². The van der Waals surface area contributed by atoms with Crippen LogP contribution in [-0.2, 0) is 38.6 Å². The standard InChI is InChI=1S/C37H38N2O8S/c1-45-35(43)32(19-24-5-3-2-4-6-24)39-37(44)38-21-25-7-13-29(14-8-25)36-46-30(23-48-31-17-15-28(16-18-31)34(41)42)20-33(47-36)27-11-9-26(22-40)10-12-27/h2-18,30,32-33,36,40H,19-23H2,1H3,(H,41,42)(H2,38,39,44)/t30-,32+,33+,36+/m1/s1. The zero-order valence-corrected chi connectivity index (χ0v) is 27.2.